The van der Waals surface area contributed by atoms with Crippen molar-refractivity contribution in [2.45, 2.75) is 13.5 Å². The summed E-state index contributed by atoms with van der Waals surface area (Å²) in [5.74, 6) is 1.18. The van der Waals surface area contributed by atoms with Crippen LogP contribution in [0.4, 0.5) is 5.69 Å². The number of rotatable bonds is 8. The van der Waals surface area contributed by atoms with Gasteiger partial charge in [-0.2, -0.15) is 5.10 Å². The molecule has 0 aliphatic heterocycles. The van der Waals surface area contributed by atoms with Crippen molar-refractivity contribution >= 4 is 21.6 Å². The van der Waals surface area contributed by atoms with Gasteiger partial charge in [0.15, 0.2) is 5.82 Å². The highest BCUT2D eigenvalue weighted by Crippen LogP contribution is 2.19. The van der Waals surface area contributed by atoms with Crippen molar-refractivity contribution in [3.8, 4) is 17.1 Å². The number of ether oxygens (including phenoxy) is 1. The van der Waals surface area contributed by atoms with Crippen molar-refractivity contribution in [2.24, 2.45) is 0 Å². The molecule has 152 valence electrons. The van der Waals surface area contributed by atoms with Crippen LogP contribution in [-0.4, -0.2) is 42.4 Å². The van der Waals surface area contributed by atoms with Gasteiger partial charge in [0.25, 0.3) is 5.91 Å². The number of H-pyrrole nitrogens is 1. The molecule has 10 heteroatoms. The summed E-state index contributed by atoms with van der Waals surface area (Å²) < 4.78 is 31.2. The van der Waals surface area contributed by atoms with E-state index < -0.39 is 15.9 Å². The number of hydrogen-bond acceptors (Lipinski definition) is 6. The number of para-hydroxylation sites is 1. The molecule has 0 aliphatic carbocycles. The quantitative estimate of drug-likeness (QED) is 0.518. The summed E-state index contributed by atoms with van der Waals surface area (Å²) in [6, 6.07) is 13.7. The van der Waals surface area contributed by atoms with Crippen LogP contribution in [0.2, 0.25) is 0 Å². The molecule has 1 aromatic heterocycles. The van der Waals surface area contributed by atoms with E-state index in [4.69, 9.17) is 4.74 Å². The van der Waals surface area contributed by atoms with Gasteiger partial charge in [-0.1, -0.05) is 12.1 Å². The third-order valence-electron chi connectivity index (χ3n) is 4.11. The number of aromatic amines is 1. The van der Waals surface area contributed by atoms with E-state index in [0.717, 1.165) is 11.3 Å². The molecule has 3 N–H and O–H groups in total. The van der Waals surface area contributed by atoms with E-state index in [9.17, 15) is 13.2 Å². The van der Waals surface area contributed by atoms with E-state index in [0.29, 0.717) is 11.6 Å². The first-order valence-corrected chi connectivity index (χ1v) is 10.5. The highest BCUT2D eigenvalue weighted by atomic mass is 32.2. The van der Waals surface area contributed by atoms with Crippen molar-refractivity contribution < 1.29 is 17.9 Å². The lowest BCUT2D eigenvalue weighted by molar-refractivity contribution is 0.0951. The largest absolute Gasteiger partial charge is 0.497 e. The first-order chi connectivity index (χ1) is 13.9. The standard InChI is InChI=1S/C19H21N5O4S/c1-3-29(26,27)24-16-7-5-4-6-15(16)19(25)20-12-17-21-18(23-22-17)13-8-10-14(28-2)11-9-13/h4-11,24H,3,12H2,1-2H3,(H,20,25)(H,21,22,23). The maximum atomic E-state index is 12.5. The van der Waals surface area contributed by atoms with Gasteiger partial charge in [-0.3, -0.25) is 14.6 Å². The molecular weight excluding hydrogens is 394 g/mol. The Morgan fingerprint density at radius 2 is 1.86 bits per heavy atom. The van der Waals surface area contributed by atoms with Crippen molar-refractivity contribution in [1.82, 2.24) is 20.5 Å². The van der Waals surface area contributed by atoms with Gasteiger partial charge in [-0.05, 0) is 43.3 Å². The molecule has 2 aromatic carbocycles. The van der Waals surface area contributed by atoms with Crippen LogP contribution >= 0.6 is 0 Å². The van der Waals surface area contributed by atoms with Crippen molar-refractivity contribution in [1.29, 1.82) is 0 Å². The van der Waals surface area contributed by atoms with E-state index in [1.165, 1.54) is 6.92 Å². The Labute approximate surface area is 168 Å². The molecule has 0 bridgehead atoms. The van der Waals surface area contributed by atoms with Crippen LogP contribution in [0.25, 0.3) is 11.4 Å². The smallest absolute Gasteiger partial charge is 0.253 e. The fourth-order valence-electron chi connectivity index (χ4n) is 2.51. The lowest BCUT2D eigenvalue weighted by Crippen LogP contribution is -2.25. The van der Waals surface area contributed by atoms with Gasteiger partial charge in [0.05, 0.1) is 30.7 Å². The molecule has 0 saturated heterocycles. The predicted octanol–water partition coefficient (Wildman–Crippen LogP) is 2.17. The lowest BCUT2D eigenvalue weighted by Gasteiger charge is -2.11. The number of carbonyl (C=O) groups excluding carboxylic acids is 1. The Morgan fingerprint density at radius 3 is 2.55 bits per heavy atom. The molecule has 0 aliphatic rings. The number of hydrogen-bond donors (Lipinski definition) is 3. The molecule has 9 nitrogen and oxygen atoms in total. The second-order valence-corrected chi connectivity index (χ2v) is 8.08. The molecule has 1 heterocycles. The number of carbonyl (C=O) groups is 1. The van der Waals surface area contributed by atoms with Gasteiger partial charge in [0, 0.05) is 5.56 Å². The van der Waals surface area contributed by atoms with Gasteiger partial charge >= 0.3 is 0 Å². The molecule has 0 saturated carbocycles. The van der Waals surface area contributed by atoms with Crippen LogP contribution in [0.1, 0.15) is 23.1 Å². The van der Waals surface area contributed by atoms with E-state index in [1.807, 2.05) is 12.1 Å². The third-order valence-corrected chi connectivity index (χ3v) is 5.40. The minimum absolute atomic E-state index is 0.0881. The topological polar surface area (TPSA) is 126 Å². The van der Waals surface area contributed by atoms with Gasteiger partial charge < -0.3 is 10.1 Å². The highest BCUT2D eigenvalue weighted by molar-refractivity contribution is 7.92. The van der Waals surface area contributed by atoms with Crippen molar-refractivity contribution in [3.63, 3.8) is 0 Å². The number of nitrogens with one attached hydrogen (secondary N) is 3. The van der Waals surface area contributed by atoms with E-state index >= 15 is 0 Å². The number of nitrogens with zero attached hydrogens (tertiary/aromatic N) is 2. The van der Waals surface area contributed by atoms with Gasteiger partial charge in [0.2, 0.25) is 10.0 Å². The average molecular weight is 415 g/mol. The summed E-state index contributed by atoms with van der Waals surface area (Å²) in [6.07, 6.45) is 0. The fraction of sp³-hybridized carbons (Fsp3) is 0.211. The summed E-state index contributed by atoms with van der Waals surface area (Å²) in [5, 5.41) is 9.65. The van der Waals surface area contributed by atoms with Gasteiger partial charge in [-0.25, -0.2) is 13.4 Å². The summed E-state index contributed by atoms with van der Waals surface area (Å²) >= 11 is 0. The Kier molecular flexibility index (Phi) is 6.13. The molecular formula is C19H21N5O4S. The number of anilines is 1. The SMILES string of the molecule is CCS(=O)(=O)Nc1ccccc1C(=O)NCc1nc(-c2ccc(OC)cc2)n[nH]1. The second-order valence-electron chi connectivity index (χ2n) is 6.07. The molecule has 3 aromatic rings. The molecule has 3 rings (SSSR count). The molecule has 0 unspecified atom stereocenters. The summed E-state index contributed by atoms with van der Waals surface area (Å²) in [5.41, 5.74) is 1.25. The first-order valence-electron chi connectivity index (χ1n) is 8.85. The maximum absolute atomic E-state index is 12.5. The summed E-state index contributed by atoms with van der Waals surface area (Å²) in [6.45, 7) is 1.63. The molecule has 0 radical (unpaired) electrons. The number of methoxy groups -OCH3 is 1. The molecule has 1 amide bonds. The van der Waals surface area contributed by atoms with E-state index in [1.54, 1.807) is 43.5 Å². The summed E-state index contributed by atoms with van der Waals surface area (Å²) in [4.78, 5) is 16.9. The average Bonchev–Trinajstić information content (AvgIpc) is 3.21. The van der Waals surface area contributed by atoms with Crippen molar-refractivity contribution in [3.05, 3.63) is 59.9 Å². The monoisotopic (exact) mass is 415 g/mol. The Balaban J connectivity index is 1.68. The number of amides is 1. The fourth-order valence-corrected chi connectivity index (χ4v) is 3.17. The van der Waals surface area contributed by atoms with Crippen LogP contribution in [0.15, 0.2) is 48.5 Å². The zero-order valence-corrected chi connectivity index (χ0v) is 16.8. The summed E-state index contributed by atoms with van der Waals surface area (Å²) in [7, 11) is -1.90. The Bertz CT molecular complexity index is 1090. The zero-order valence-electron chi connectivity index (χ0n) is 16.0. The van der Waals surface area contributed by atoms with Crippen molar-refractivity contribution in [2.75, 3.05) is 17.6 Å². The van der Waals surface area contributed by atoms with Crippen LogP contribution in [0, 0.1) is 0 Å². The minimum atomic E-state index is -3.50. The van der Waals surface area contributed by atoms with Crippen LogP contribution in [0.3, 0.4) is 0 Å². The number of aromatic nitrogens is 3. The number of sulfonamides is 1. The second kappa shape index (κ2) is 8.74. The first kappa shape index (κ1) is 20.3. The van der Waals surface area contributed by atoms with Crippen LogP contribution in [0.5, 0.6) is 5.75 Å². The number of benzene rings is 2. The Hall–Kier alpha value is -3.40. The van der Waals surface area contributed by atoms with Gasteiger partial charge in [-0.15, -0.1) is 0 Å². The normalized spacial score (nSPS) is 11.1. The predicted molar refractivity (Wildman–Crippen MR) is 109 cm³/mol. The maximum Gasteiger partial charge on any atom is 0.253 e. The lowest BCUT2D eigenvalue weighted by atomic mass is 10.1. The molecule has 29 heavy (non-hydrogen) atoms. The van der Waals surface area contributed by atoms with Crippen LogP contribution < -0.4 is 14.8 Å². The van der Waals surface area contributed by atoms with Crippen LogP contribution in [-0.2, 0) is 16.6 Å². The highest BCUT2D eigenvalue weighted by Gasteiger charge is 2.15. The molecule has 0 atom stereocenters. The molecule has 0 fully saturated rings. The minimum Gasteiger partial charge on any atom is -0.497 e. The molecule has 0 spiro atoms. The van der Waals surface area contributed by atoms with Gasteiger partial charge in [0.1, 0.15) is 11.6 Å². The van der Waals surface area contributed by atoms with E-state index in [2.05, 4.69) is 25.2 Å². The third kappa shape index (κ3) is 5.11. The van der Waals surface area contributed by atoms with E-state index in [-0.39, 0.29) is 23.5 Å². The zero-order chi connectivity index (χ0) is 20.9. The Morgan fingerprint density at radius 1 is 1.14 bits per heavy atom.